The van der Waals surface area contributed by atoms with Gasteiger partial charge in [0.05, 0.1) is 11.3 Å². The van der Waals surface area contributed by atoms with Gasteiger partial charge in [0.15, 0.2) is 0 Å². The zero-order chi connectivity index (χ0) is 13.2. The topological polar surface area (TPSA) is 71.8 Å². The van der Waals surface area contributed by atoms with Crippen LogP contribution in [0.4, 0.5) is 5.82 Å². The SMILES string of the molecule is Cc1n[nH]c([N+](=O)[O-])c1C12CC3CC(CC(C3)C1)C2. The molecule has 0 atom stereocenters. The minimum atomic E-state index is -0.284. The Bertz CT molecular complexity index is 514. The number of aryl methyl sites for hydroxylation is 1. The molecule has 0 amide bonds. The van der Waals surface area contributed by atoms with E-state index in [1.807, 2.05) is 6.92 Å². The number of nitrogens with one attached hydrogen (secondary N) is 1. The van der Waals surface area contributed by atoms with Crippen molar-refractivity contribution in [3.8, 4) is 0 Å². The van der Waals surface area contributed by atoms with Crippen LogP contribution < -0.4 is 0 Å². The molecule has 5 rings (SSSR count). The number of rotatable bonds is 2. The quantitative estimate of drug-likeness (QED) is 0.656. The van der Waals surface area contributed by atoms with E-state index in [0.717, 1.165) is 48.3 Å². The largest absolute Gasteiger partial charge is 0.358 e. The lowest BCUT2D eigenvalue weighted by atomic mass is 9.48. The molecule has 1 N–H and O–H groups in total. The number of hydrogen-bond donors (Lipinski definition) is 1. The van der Waals surface area contributed by atoms with Gasteiger partial charge in [0.25, 0.3) is 0 Å². The molecule has 19 heavy (non-hydrogen) atoms. The van der Waals surface area contributed by atoms with Crippen LogP contribution in [0.5, 0.6) is 0 Å². The molecule has 0 aliphatic heterocycles. The molecule has 4 aliphatic carbocycles. The molecule has 4 saturated carbocycles. The van der Waals surface area contributed by atoms with Crippen molar-refractivity contribution >= 4 is 5.82 Å². The van der Waals surface area contributed by atoms with E-state index in [1.165, 1.54) is 19.3 Å². The lowest BCUT2D eigenvalue weighted by Gasteiger charge is -2.56. The van der Waals surface area contributed by atoms with Gasteiger partial charge in [-0.25, -0.2) is 0 Å². The molecule has 0 spiro atoms. The van der Waals surface area contributed by atoms with Crippen LogP contribution in [-0.2, 0) is 5.41 Å². The number of nitrogens with zero attached hydrogens (tertiary/aromatic N) is 2. The second-order valence-corrected chi connectivity index (χ2v) is 6.99. The van der Waals surface area contributed by atoms with Crippen LogP contribution in [0.15, 0.2) is 0 Å². The molecule has 0 saturated heterocycles. The molecular weight excluding hydrogens is 242 g/mol. The van der Waals surface area contributed by atoms with Crippen molar-refractivity contribution in [2.45, 2.75) is 50.9 Å². The highest BCUT2D eigenvalue weighted by Gasteiger charge is 2.54. The Hall–Kier alpha value is -1.39. The summed E-state index contributed by atoms with van der Waals surface area (Å²) in [6.45, 7) is 1.91. The molecular formula is C14H19N3O2. The monoisotopic (exact) mass is 261 g/mol. The predicted molar refractivity (Wildman–Crippen MR) is 69.8 cm³/mol. The smallest absolute Gasteiger partial charge is 0.346 e. The Balaban J connectivity index is 1.84. The molecule has 4 fully saturated rings. The maximum atomic E-state index is 11.3. The first-order valence-electron chi connectivity index (χ1n) is 7.27. The molecule has 102 valence electrons. The summed E-state index contributed by atoms with van der Waals surface area (Å²) < 4.78 is 0. The standard InChI is InChI=1S/C14H19N3O2/c1-8-12(13(16-15-8)17(18)19)14-5-9-2-10(6-14)4-11(3-9)7-14/h9-11H,2-7H2,1H3,(H,15,16). The van der Waals surface area contributed by atoms with Crippen molar-refractivity contribution in [2.75, 3.05) is 0 Å². The first-order chi connectivity index (χ1) is 9.07. The fourth-order valence-corrected chi connectivity index (χ4v) is 5.60. The molecule has 1 aromatic heterocycles. The number of nitro groups is 1. The van der Waals surface area contributed by atoms with Gasteiger partial charge in [-0.1, -0.05) is 5.10 Å². The van der Waals surface area contributed by atoms with Crippen LogP contribution >= 0.6 is 0 Å². The van der Waals surface area contributed by atoms with Crippen molar-refractivity contribution in [2.24, 2.45) is 17.8 Å². The Labute approximate surface area is 111 Å². The summed E-state index contributed by atoms with van der Waals surface area (Å²) in [7, 11) is 0. The van der Waals surface area contributed by atoms with Crippen LogP contribution in [-0.4, -0.2) is 15.1 Å². The number of aromatic amines is 1. The van der Waals surface area contributed by atoms with Gasteiger partial charge in [0.1, 0.15) is 0 Å². The molecule has 1 heterocycles. The van der Waals surface area contributed by atoms with Crippen molar-refractivity contribution in [3.63, 3.8) is 0 Å². The van der Waals surface area contributed by atoms with E-state index in [9.17, 15) is 10.1 Å². The zero-order valence-electron chi connectivity index (χ0n) is 11.2. The minimum Gasteiger partial charge on any atom is -0.358 e. The van der Waals surface area contributed by atoms with Crippen molar-refractivity contribution in [1.29, 1.82) is 0 Å². The minimum absolute atomic E-state index is 0.0498. The Morgan fingerprint density at radius 2 is 1.74 bits per heavy atom. The van der Waals surface area contributed by atoms with Crippen molar-refractivity contribution < 1.29 is 4.92 Å². The van der Waals surface area contributed by atoms with E-state index < -0.39 is 0 Å². The molecule has 4 aliphatic rings. The van der Waals surface area contributed by atoms with Crippen molar-refractivity contribution in [3.05, 3.63) is 21.4 Å². The highest BCUT2D eigenvalue weighted by atomic mass is 16.6. The number of aromatic nitrogens is 2. The maximum absolute atomic E-state index is 11.3. The molecule has 1 aromatic rings. The first kappa shape index (κ1) is 11.4. The Morgan fingerprint density at radius 1 is 1.21 bits per heavy atom. The van der Waals surface area contributed by atoms with Crippen LogP contribution in [0.2, 0.25) is 0 Å². The average molecular weight is 261 g/mol. The first-order valence-corrected chi connectivity index (χ1v) is 7.27. The van der Waals surface area contributed by atoms with E-state index in [0.29, 0.717) is 0 Å². The molecule has 5 heteroatoms. The third-order valence-corrected chi connectivity index (χ3v) is 5.68. The van der Waals surface area contributed by atoms with Crippen molar-refractivity contribution in [1.82, 2.24) is 10.2 Å². The fraction of sp³-hybridized carbons (Fsp3) is 0.786. The van der Waals surface area contributed by atoms with Crippen LogP contribution in [0, 0.1) is 34.8 Å². The lowest BCUT2D eigenvalue weighted by Crippen LogP contribution is -2.48. The molecule has 0 radical (unpaired) electrons. The summed E-state index contributed by atoms with van der Waals surface area (Å²) in [5, 5.41) is 18.0. The van der Waals surface area contributed by atoms with Crippen LogP contribution in [0.25, 0.3) is 0 Å². The van der Waals surface area contributed by atoms with Gasteiger partial charge >= 0.3 is 5.82 Å². The summed E-state index contributed by atoms with van der Waals surface area (Å²) in [6.07, 6.45) is 7.47. The summed E-state index contributed by atoms with van der Waals surface area (Å²) >= 11 is 0. The molecule has 0 aromatic carbocycles. The highest BCUT2D eigenvalue weighted by Crippen LogP contribution is 2.62. The predicted octanol–water partition coefficient (Wildman–Crippen LogP) is 3.09. The molecule has 4 bridgehead atoms. The lowest BCUT2D eigenvalue weighted by molar-refractivity contribution is -0.391. The normalized spacial score (nSPS) is 39.7. The van der Waals surface area contributed by atoms with Gasteiger partial charge in [0.2, 0.25) is 0 Å². The van der Waals surface area contributed by atoms with Gasteiger partial charge in [-0.2, -0.15) is 0 Å². The Kier molecular flexibility index (Phi) is 2.16. The van der Waals surface area contributed by atoms with E-state index in [4.69, 9.17) is 0 Å². The summed E-state index contributed by atoms with van der Waals surface area (Å²) in [4.78, 5) is 11.0. The zero-order valence-corrected chi connectivity index (χ0v) is 11.2. The Morgan fingerprint density at radius 3 is 2.21 bits per heavy atom. The van der Waals surface area contributed by atoms with Crippen LogP contribution in [0.1, 0.15) is 49.8 Å². The van der Waals surface area contributed by atoms with E-state index in [2.05, 4.69) is 10.2 Å². The second kappa shape index (κ2) is 3.58. The summed E-state index contributed by atoms with van der Waals surface area (Å²) in [5.74, 6) is 2.53. The second-order valence-electron chi connectivity index (χ2n) is 6.99. The van der Waals surface area contributed by atoms with Crippen LogP contribution in [0.3, 0.4) is 0 Å². The number of H-pyrrole nitrogens is 1. The maximum Gasteiger partial charge on any atom is 0.346 e. The van der Waals surface area contributed by atoms with Gasteiger partial charge in [-0.05, 0) is 68.1 Å². The van der Waals surface area contributed by atoms with Gasteiger partial charge in [-0.3, -0.25) is 0 Å². The third kappa shape index (κ3) is 1.50. The molecule has 5 nitrogen and oxygen atoms in total. The van der Waals surface area contributed by atoms with E-state index in [1.54, 1.807) is 0 Å². The average Bonchev–Trinajstić information content (AvgIpc) is 2.70. The summed E-state index contributed by atoms with van der Waals surface area (Å²) in [6, 6.07) is 0. The van der Waals surface area contributed by atoms with Gasteiger partial charge in [-0.15, -0.1) is 5.10 Å². The van der Waals surface area contributed by atoms with E-state index in [-0.39, 0.29) is 16.2 Å². The van der Waals surface area contributed by atoms with Gasteiger partial charge < -0.3 is 10.1 Å². The highest BCUT2D eigenvalue weighted by molar-refractivity contribution is 5.44. The third-order valence-electron chi connectivity index (χ3n) is 5.68. The summed E-state index contributed by atoms with van der Waals surface area (Å²) in [5.41, 5.74) is 1.82. The number of hydrogen-bond acceptors (Lipinski definition) is 3. The van der Waals surface area contributed by atoms with E-state index >= 15 is 0 Å². The van der Waals surface area contributed by atoms with Gasteiger partial charge in [0, 0.05) is 5.41 Å². The fourth-order valence-electron chi connectivity index (χ4n) is 5.60. The molecule has 0 unspecified atom stereocenters.